The summed E-state index contributed by atoms with van der Waals surface area (Å²) in [6.07, 6.45) is 2.36. The molecule has 0 saturated carbocycles. The Labute approximate surface area is 133 Å². The lowest BCUT2D eigenvalue weighted by Crippen LogP contribution is -2.37. The number of thiazole rings is 1. The average Bonchev–Trinajstić information content (AvgIpc) is 2.85. The van der Waals surface area contributed by atoms with Gasteiger partial charge in [0.15, 0.2) is 5.96 Å². The predicted molar refractivity (Wildman–Crippen MR) is 93.1 cm³/mol. The maximum Gasteiger partial charge on any atom is 0.191 e. The number of hydrogen-bond acceptors (Lipinski definition) is 3. The van der Waals surface area contributed by atoms with Crippen LogP contribution in [0.1, 0.15) is 64.1 Å². The van der Waals surface area contributed by atoms with Crippen LogP contribution in [0.5, 0.6) is 0 Å². The second kappa shape index (κ2) is 8.37. The summed E-state index contributed by atoms with van der Waals surface area (Å²) in [4.78, 5) is 8.87. The number of aromatic nitrogens is 1. The van der Waals surface area contributed by atoms with Gasteiger partial charge in [0.1, 0.15) is 5.01 Å². The van der Waals surface area contributed by atoms with Crippen LogP contribution in [0.3, 0.4) is 0 Å². The number of nitrogens with one attached hydrogen (secondary N) is 2. The van der Waals surface area contributed by atoms with Crippen LogP contribution in [0.25, 0.3) is 0 Å². The topological polar surface area (TPSA) is 49.3 Å². The first-order valence-electron chi connectivity index (χ1n) is 7.70. The van der Waals surface area contributed by atoms with E-state index in [-0.39, 0.29) is 0 Å². The fourth-order valence-corrected chi connectivity index (χ4v) is 2.77. The molecule has 4 nitrogen and oxygen atoms in total. The summed E-state index contributed by atoms with van der Waals surface area (Å²) in [6, 6.07) is 0. The number of nitrogens with zero attached hydrogens (tertiary/aromatic N) is 2. The van der Waals surface area contributed by atoms with Gasteiger partial charge in [0.25, 0.3) is 0 Å². The molecule has 0 amide bonds. The molecular formula is C16H30N4S. The van der Waals surface area contributed by atoms with Crippen LogP contribution < -0.4 is 10.6 Å². The first-order valence-corrected chi connectivity index (χ1v) is 8.58. The van der Waals surface area contributed by atoms with Crippen molar-refractivity contribution in [1.82, 2.24) is 15.6 Å². The van der Waals surface area contributed by atoms with Gasteiger partial charge in [-0.2, -0.15) is 0 Å². The van der Waals surface area contributed by atoms with Crippen molar-refractivity contribution in [3.05, 3.63) is 16.1 Å². The van der Waals surface area contributed by atoms with Gasteiger partial charge in [-0.25, -0.2) is 4.98 Å². The lowest BCUT2D eigenvalue weighted by atomic mass is 9.91. The first kappa shape index (κ1) is 18.0. The Morgan fingerprint density at radius 2 is 2.05 bits per heavy atom. The molecule has 0 saturated heterocycles. The van der Waals surface area contributed by atoms with E-state index >= 15 is 0 Å². The smallest absolute Gasteiger partial charge is 0.191 e. The molecule has 0 bridgehead atoms. The van der Waals surface area contributed by atoms with Crippen LogP contribution in [-0.2, 0) is 6.54 Å². The zero-order valence-corrected chi connectivity index (χ0v) is 15.1. The minimum atomic E-state index is 0.396. The van der Waals surface area contributed by atoms with Crippen molar-refractivity contribution in [3.63, 3.8) is 0 Å². The van der Waals surface area contributed by atoms with E-state index < -0.39 is 0 Å². The van der Waals surface area contributed by atoms with Crippen molar-refractivity contribution in [2.45, 2.75) is 59.9 Å². The monoisotopic (exact) mass is 310 g/mol. The number of aliphatic imine (C=N–C) groups is 1. The van der Waals surface area contributed by atoms with Crippen molar-refractivity contribution in [3.8, 4) is 0 Å². The minimum Gasteiger partial charge on any atom is -0.356 e. The highest BCUT2D eigenvalue weighted by Gasteiger charge is 2.09. The van der Waals surface area contributed by atoms with Gasteiger partial charge in [-0.05, 0) is 24.2 Å². The molecule has 0 aliphatic rings. The maximum absolute atomic E-state index is 4.62. The molecular weight excluding hydrogens is 280 g/mol. The Morgan fingerprint density at radius 3 is 2.57 bits per heavy atom. The summed E-state index contributed by atoms with van der Waals surface area (Å²) < 4.78 is 0. The van der Waals surface area contributed by atoms with Crippen molar-refractivity contribution < 1.29 is 0 Å². The third kappa shape index (κ3) is 7.46. The zero-order chi connectivity index (χ0) is 15.9. The molecule has 1 rings (SSSR count). The number of hydrogen-bond donors (Lipinski definition) is 2. The Balaban J connectivity index is 2.31. The maximum atomic E-state index is 4.62. The number of guanidine groups is 1. The molecule has 0 aromatic carbocycles. The summed E-state index contributed by atoms with van der Waals surface area (Å²) in [6.45, 7) is 12.8. The zero-order valence-electron chi connectivity index (χ0n) is 14.3. The third-order valence-electron chi connectivity index (χ3n) is 3.19. The van der Waals surface area contributed by atoms with E-state index in [0.29, 0.717) is 11.3 Å². The van der Waals surface area contributed by atoms with Gasteiger partial charge in [-0.1, -0.05) is 34.6 Å². The van der Waals surface area contributed by atoms with E-state index in [0.717, 1.165) is 30.5 Å². The van der Waals surface area contributed by atoms with Gasteiger partial charge in [-0.15, -0.1) is 11.3 Å². The lowest BCUT2D eigenvalue weighted by Gasteiger charge is -2.18. The fraction of sp³-hybridized carbons (Fsp3) is 0.750. The van der Waals surface area contributed by atoms with Gasteiger partial charge < -0.3 is 10.6 Å². The molecule has 0 atom stereocenters. The van der Waals surface area contributed by atoms with Crippen LogP contribution in [0.2, 0.25) is 0 Å². The summed E-state index contributed by atoms with van der Waals surface area (Å²) in [5.41, 5.74) is 1.57. The lowest BCUT2D eigenvalue weighted by molar-refractivity contribution is 0.365. The van der Waals surface area contributed by atoms with E-state index in [1.807, 2.05) is 0 Å². The Hall–Kier alpha value is -1.10. The van der Waals surface area contributed by atoms with E-state index in [2.05, 4.69) is 60.6 Å². The van der Waals surface area contributed by atoms with Crippen molar-refractivity contribution in [2.75, 3.05) is 13.6 Å². The van der Waals surface area contributed by atoms with Gasteiger partial charge in [0, 0.05) is 19.0 Å². The predicted octanol–water partition coefficient (Wildman–Crippen LogP) is 3.76. The highest BCUT2D eigenvalue weighted by molar-refractivity contribution is 7.09. The Morgan fingerprint density at radius 1 is 1.33 bits per heavy atom. The molecule has 0 aliphatic heterocycles. The standard InChI is InChI=1S/C16H30N4S/c1-12(2)13-11-21-14(20-13)10-19-15(17-6)18-9-7-8-16(3,4)5/h11-12H,7-10H2,1-6H3,(H2,17,18,19). The fourth-order valence-electron chi connectivity index (χ4n) is 1.88. The van der Waals surface area contributed by atoms with Crippen LogP contribution in [-0.4, -0.2) is 24.5 Å². The molecule has 0 radical (unpaired) electrons. The summed E-state index contributed by atoms with van der Waals surface area (Å²) >= 11 is 1.71. The second-order valence-electron chi connectivity index (χ2n) is 6.84. The van der Waals surface area contributed by atoms with Gasteiger partial charge in [-0.3, -0.25) is 4.99 Å². The molecule has 0 unspecified atom stereocenters. The van der Waals surface area contributed by atoms with E-state index in [1.54, 1.807) is 18.4 Å². The summed E-state index contributed by atoms with van der Waals surface area (Å²) in [7, 11) is 1.81. The second-order valence-corrected chi connectivity index (χ2v) is 7.78. The van der Waals surface area contributed by atoms with E-state index in [4.69, 9.17) is 0 Å². The Kier molecular flexibility index (Phi) is 7.15. The van der Waals surface area contributed by atoms with E-state index in [1.165, 1.54) is 12.1 Å². The molecule has 0 spiro atoms. The van der Waals surface area contributed by atoms with E-state index in [9.17, 15) is 0 Å². The molecule has 1 aromatic rings. The summed E-state index contributed by atoms with van der Waals surface area (Å²) in [5, 5.41) is 9.93. The Bertz CT molecular complexity index is 443. The minimum absolute atomic E-state index is 0.396. The molecule has 1 aromatic heterocycles. The molecule has 120 valence electrons. The highest BCUT2D eigenvalue weighted by atomic mass is 32.1. The first-order chi connectivity index (χ1) is 9.81. The van der Waals surface area contributed by atoms with Crippen LogP contribution in [0, 0.1) is 5.41 Å². The molecule has 0 aliphatic carbocycles. The summed E-state index contributed by atoms with van der Waals surface area (Å²) in [5.74, 6) is 1.34. The largest absolute Gasteiger partial charge is 0.356 e. The van der Waals surface area contributed by atoms with Crippen molar-refractivity contribution >= 4 is 17.3 Å². The van der Waals surface area contributed by atoms with Gasteiger partial charge >= 0.3 is 0 Å². The van der Waals surface area contributed by atoms with Crippen LogP contribution >= 0.6 is 11.3 Å². The number of rotatable bonds is 6. The molecule has 2 N–H and O–H groups in total. The van der Waals surface area contributed by atoms with Crippen molar-refractivity contribution in [1.29, 1.82) is 0 Å². The molecule has 21 heavy (non-hydrogen) atoms. The third-order valence-corrected chi connectivity index (χ3v) is 4.05. The highest BCUT2D eigenvalue weighted by Crippen LogP contribution is 2.19. The quantitative estimate of drug-likeness (QED) is 0.478. The van der Waals surface area contributed by atoms with Gasteiger partial charge in [0.05, 0.1) is 12.2 Å². The van der Waals surface area contributed by atoms with Crippen LogP contribution in [0.15, 0.2) is 10.4 Å². The van der Waals surface area contributed by atoms with Crippen molar-refractivity contribution in [2.24, 2.45) is 10.4 Å². The molecule has 0 fully saturated rings. The molecule has 1 heterocycles. The normalized spacial score (nSPS) is 12.8. The average molecular weight is 311 g/mol. The van der Waals surface area contributed by atoms with Gasteiger partial charge in [0.2, 0.25) is 0 Å². The molecule has 5 heteroatoms. The SMILES string of the molecule is CN=C(NCCCC(C)(C)C)NCc1nc(C(C)C)cs1. The van der Waals surface area contributed by atoms with Crippen LogP contribution in [0.4, 0.5) is 0 Å².